The van der Waals surface area contributed by atoms with Crippen LogP contribution in [0.25, 0.3) is 16.9 Å². The number of sulfonamides is 1. The lowest BCUT2D eigenvalue weighted by molar-refractivity contribution is 0.601. The molecule has 6 heteroatoms. The van der Waals surface area contributed by atoms with E-state index in [1.807, 2.05) is 61.0 Å². The number of anilines is 1. The van der Waals surface area contributed by atoms with Crippen LogP contribution in [0.15, 0.2) is 78.0 Å². The number of hydrogen-bond acceptors (Lipinski definition) is 3. The van der Waals surface area contributed by atoms with Gasteiger partial charge in [-0.2, -0.15) is 0 Å². The molecule has 0 fully saturated rings. The van der Waals surface area contributed by atoms with Crippen LogP contribution in [0, 0.1) is 13.8 Å². The van der Waals surface area contributed by atoms with E-state index in [2.05, 4.69) is 9.71 Å². The molecule has 0 aliphatic rings. The van der Waals surface area contributed by atoms with Gasteiger partial charge in [-0.05, 0) is 55.3 Å². The quantitative estimate of drug-likeness (QED) is 0.573. The molecular formula is C21H19N3O2S. The molecule has 0 unspecified atom stereocenters. The normalized spacial score (nSPS) is 11.6. The molecule has 0 spiro atoms. The highest BCUT2D eigenvalue weighted by Gasteiger charge is 2.14. The molecule has 1 N–H and O–H groups in total. The smallest absolute Gasteiger partial charge is 0.261 e. The van der Waals surface area contributed by atoms with Crippen molar-refractivity contribution in [2.75, 3.05) is 4.72 Å². The van der Waals surface area contributed by atoms with Gasteiger partial charge in [0.25, 0.3) is 10.0 Å². The zero-order valence-corrected chi connectivity index (χ0v) is 15.9. The van der Waals surface area contributed by atoms with Gasteiger partial charge in [0, 0.05) is 23.6 Å². The second-order valence-corrected chi connectivity index (χ2v) is 8.23. The molecule has 136 valence electrons. The second-order valence-electron chi connectivity index (χ2n) is 6.55. The van der Waals surface area contributed by atoms with Crippen LogP contribution in [0.3, 0.4) is 0 Å². The van der Waals surface area contributed by atoms with Gasteiger partial charge in [0.05, 0.1) is 10.6 Å². The van der Waals surface area contributed by atoms with Crippen LogP contribution in [-0.2, 0) is 10.0 Å². The van der Waals surface area contributed by atoms with E-state index in [9.17, 15) is 8.42 Å². The van der Waals surface area contributed by atoms with Crippen molar-refractivity contribution in [2.24, 2.45) is 0 Å². The van der Waals surface area contributed by atoms with E-state index in [0.717, 1.165) is 28.0 Å². The summed E-state index contributed by atoms with van der Waals surface area (Å²) in [7, 11) is -3.61. The number of pyridine rings is 1. The molecule has 4 aromatic rings. The van der Waals surface area contributed by atoms with Crippen molar-refractivity contribution in [3.63, 3.8) is 0 Å². The van der Waals surface area contributed by atoms with Gasteiger partial charge >= 0.3 is 0 Å². The molecule has 4 rings (SSSR count). The van der Waals surface area contributed by atoms with Gasteiger partial charge in [-0.25, -0.2) is 13.4 Å². The summed E-state index contributed by atoms with van der Waals surface area (Å²) in [5.74, 6) is 0. The summed E-state index contributed by atoms with van der Waals surface area (Å²) in [6, 6.07) is 18.1. The summed E-state index contributed by atoms with van der Waals surface area (Å²) >= 11 is 0. The van der Waals surface area contributed by atoms with Gasteiger partial charge in [-0.3, -0.25) is 4.72 Å². The van der Waals surface area contributed by atoms with Gasteiger partial charge in [0.1, 0.15) is 5.65 Å². The van der Waals surface area contributed by atoms with E-state index < -0.39 is 10.0 Å². The van der Waals surface area contributed by atoms with Gasteiger partial charge in [-0.15, -0.1) is 0 Å². The first-order chi connectivity index (χ1) is 12.9. The fourth-order valence-corrected chi connectivity index (χ4v) is 4.16. The average molecular weight is 377 g/mol. The Balaban J connectivity index is 1.61. The third-order valence-corrected chi connectivity index (χ3v) is 5.79. The molecule has 27 heavy (non-hydrogen) atoms. The molecule has 0 atom stereocenters. The zero-order valence-electron chi connectivity index (χ0n) is 15.0. The summed E-state index contributed by atoms with van der Waals surface area (Å²) in [4.78, 5) is 4.92. The van der Waals surface area contributed by atoms with Gasteiger partial charge in [-0.1, -0.05) is 30.3 Å². The Hall–Kier alpha value is -3.12. The van der Waals surface area contributed by atoms with E-state index in [4.69, 9.17) is 0 Å². The van der Waals surface area contributed by atoms with Crippen molar-refractivity contribution >= 4 is 21.4 Å². The molecule has 0 aliphatic carbocycles. The molecule has 0 radical (unpaired) electrons. The third-order valence-electron chi connectivity index (χ3n) is 4.41. The van der Waals surface area contributed by atoms with Crippen LogP contribution in [0.2, 0.25) is 0 Å². The zero-order chi connectivity index (χ0) is 19.0. The maximum atomic E-state index is 12.5. The number of nitrogens with one attached hydrogen (secondary N) is 1. The monoisotopic (exact) mass is 377 g/mol. The lowest BCUT2D eigenvalue weighted by Gasteiger charge is -2.09. The van der Waals surface area contributed by atoms with Crippen molar-refractivity contribution in [3.05, 3.63) is 84.2 Å². The number of hydrogen-bond donors (Lipinski definition) is 1. The SMILES string of the molecule is Cc1cccc(S(=O)(=O)Nc2ccc(-c3cn4cccc(C)c4n3)cc2)c1. The molecule has 0 bridgehead atoms. The predicted octanol–water partition coefficient (Wildman–Crippen LogP) is 4.42. The van der Waals surface area contributed by atoms with E-state index in [1.165, 1.54) is 0 Å². The predicted molar refractivity (Wildman–Crippen MR) is 107 cm³/mol. The molecule has 2 heterocycles. The van der Waals surface area contributed by atoms with Gasteiger partial charge in [0.15, 0.2) is 0 Å². The van der Waals surface area contributed by atoms with Crippen LogP contribution >= 0.6 is 0 Å². The first-order valence-corrected chi connectivity index (χ1v) is 10.0. The van der Waals surface area contributed by atoms with Crippen molar-refractivity contribution in [3.8, 4) is 11.3 Å². The van der Waals surface area contributed by atoms with Gasteiger partial charge < -0.3 is 4.40 Å². The van der Waals surface area contributed by atoms with Crippen molar-refractivity contribution in [1.29, 1.82) is 0 Å². The van der Waals surface area contributed by atoms with Crippen molar-refractivity contribution in [2.45, 2.75) is 18.7 Å². The third kappa shape index (κ3) is 3.44. The van der Waals surface area contributed by atoms with Crippen LogP contribution in [-0.4, -0.2) is 17.8 Å². The van der Waals surface area contributed by atoms with Crippen LogP contribution in [0.5, 0.6) is 0 Å². The Kier molecular flexibility index (Phi) is 4.20. The summed E-state index contributed by atoms with van der Waals surface area (Å²) < 4.78 is 29.7. The number of aromatic nitrogens is 2. The average Bonchev–Trinajstić information content (AvgIpc) is 3.08. The molecular weight excluding hydrogens is 358 g/mol. The van der Waals surface area contributed by atoms with E-state index >= 15 is 0 Å². The molecule has 2 aromatic heterocycles. The van der Waals surface area contributed by atoms with E-state index in [0.29, 0.717) is 5.69 Å². The Labute approximate surface area is 158 Å². The Morgan fingerprint density at radius 1 is 0.963 bits per heavy atom. The van der Waals surface area contributed by atoms with Gasteiger partial charge in [0.2, 0.25) is 0 Å². The minimum atomic E-state index is -3.61. The van der Waals surface area contributed by atoms with Crippen LogP contribution in [0.1, 0.15) is 11.1 Å². The molecule has 0 saturated heterocycles. The lowest BCUT2D eigenvalue weighted by Crippen LogP contribution is -2.12. The Morgan fingerprint density at radius 2 is 1.74 bits per heavy atom. The summed E-state index contributed by atoms with van der Waals surface area (Å²) in [6.07, 6.45) is 3.93. The van der Waals surface area contributed by atoms with Crippen molar-refractivity contribution in [1.82, 2.24) is 9.38 Å². The summed E-state index contributed by atoms with van der Waals surface area (Å²) in [6.45, 7) is 3.89. The standard InChI is InChI=1S/C21H19N3O2S/c1-15-5-3-7-19(13-15)27(25,26)23-18-10-8-17(9-11-18)20-14-24-12-4-6-16(2)21(24)22-20/h3-14,23H,1-2H3. The van der Waals surface area contributed by atoms with E-state index in [1.54, 1.807) is 30.3 Å². The largest absolute Gasteiger partial charge is 0.306 e. The minimum Gasteiger partial charge on any atom is -0.306 e. The molecule has 0 saturated carbocycles. The number of nitrogens with zero attached hydrogens (tertiary/aromatic N) is 2. The molecule has 2 aromatic carbocycles. The maximum absolute atomic E-state index is 12.5. The summed E-state index contributed by atoms with van der Waals surface area (Å²) in [5, 5.41) is 0. The molecule has 5 nitrogen and oxygen atoms in total. The first kappa shape index (κ1) is 17.3. The highest BCUT2D eigenvalue weighted by Crippen LogP contribution is 2.24. The van der Waals surface area contributed by atoms with E-state index in [-0.39, 0.29) is 4.90 Å². The number of fused-ring (bicyclic) bond motifs is 1. The maximum Gasteiger partial charge on any atom is 0.261 e. The second kappa shape index (κ2) is 6.55. The number of benzene rings is 2. The highest BCUT2D eigenvalue weighted by molar-refractivity contribution is 7.92. The minimum absolute atomic E-state index is 0.252. The Morgan fingerprint density at radius 3 is 2.44 bits per heavy atom. The molecule has 0 amide bonds. The lowest BCUT2D eigenvalue weighted by atomic mass is 10.1. The van der Waals surface area contributed by atoms with Crippen LogP contribution < -0.4 is 4.72 Å². The van der Waals surface area contributed by atoms with Crippen LogP contribution in [0.4, 0.5) is 5.69 Å². The van der Waals surface area contributed by atoms with Crippen molar-refractivity contribution < 1.29 is 8.42 Å². The fourth-order valence-electron chi connectivity index (χ4n) is 3.00. The highest BCUT2D eigenvalue weighted by atomic mass is 32.2. The number of imidazole rings is 1. The number of rotatable bonds is 4. The Bertz CT molecular complexity index is 1230. The number of aryl methyl sites for hydroxylation is 2. The summed E-state index contributed by atoms with van der Waals surface area (Å²) in [5.41, 5.74) is 5.20. The first-order valence-electron chi connectivity index (χ1n) is 8.57. The fraction of sp³-hybridized carbons (Fsp3) is 0.0952. The molecule has 0 aliphatic heterocycles. The topological polar surface area (TPSA) is 63.5 Å².